The van der Waals surface area contributed by atoms with E-state index in [1.807, 2.05) is 57.3 Å². The Morgan fingerprint density at radius 3 is 1.67 bits per heavy atom. The van der Waals surface area contributed by atoms with E-state index in [0.717, 1.165) is 16.7 Å². The minimum Gasteiger partial charge on any atom is -0.387 e. The van der Waals surface area contributed by atoms with E-state index in [1.54, 1.807) is 0 Å². The smallest absolute Gasteiger partial charge is 0.0730 e. The molecule has 0 unspecified atom stereocenters. The van der Waals surface area contributed by atoms with Gasteiger partial charge >= 0.3 is 0 Å². The second-order valence-electron chi connectivity index (χ2n) is 3.77. The Morgan fingerprint density at radius 2 is 1.22 bits per heavy atom. The second kappa shape index (κ2) is 5.50. The molecule has 0 bridgehead atoms. The van der Waals surface area contributed by atoms with Gasteiger partial charge < -0.3 is 5.32 Å². The van der Waals surface area contributed by atoms with Crippen molar-refractivity contribution in [3.63, 3.8) is 0 Å². The number of anilines is 1. The SMILES string of the molecule is CC.CNc1c2ccccc2nc2ccccc12. The predicted molar refractivity (Wildman–Crippen MR) is 80.1 cm³/mol. The van der Waals surface area contributed by atoms with Gasteiger partial charge in [-0.3, -0.25) is 0 Å². The molecule has 0 amide bonds. The molecule has 18 heavy (non-hydrogen) atoms. The number of benzene rings is 2. The van der Waals surface area contributed by atoms with Crippen molar-refractivity contribution in [3.05, 3.63) is 48.5 Å². The number of nitrogens with one attached hydrogen (secondary N) is 1. The molecule has 2 heteroatoms. The molecule has 1 aromatic heterocycles. The number of hydrogen-bond donors (Lipinski definition) is 1. The highest BCUT2D eigenvalue weighted by atomic mass is 14.8. The van der Waals surface area contributed by atoms with E-state index in [-0.39, 0.29) is 0 Å². The molecule has 0 saturated heterocycles. The number of para-hydroxylation sites is 2. The largest absolute Gasteiger partial charge is 0.387 e. The van der Waals surface area contributed by atoms with Crippen molar-refractivity contribution < 1.29 is 0 Å². The van der Waals surface area contributed by atoms with Gasteiger partial charge in [-0.15, -0.1) is 0 Å². The molecule has 1 N–H and O–H groups in total. The summed E-state index contributed by atoms with van der Waals surface area (Å²) < 4.78 is 0. The van der Waals surface area contributed by atoms with Gasteiger partial charge in [0.1, 0.15) is 0 Å². The van der Waals surface area contributed by atoms with Crippen LogP contribution in [-0.2, 0) is 0 Å². The standard InChI is InChI=1S/C14H12N2.C2H6/c1-15-14-10-6-2-4-8-12(10)16-13-9-5-3-7-11(13)14;1-2/h2-9H,1H3,(H,15,16);1-2H3. The van der Waals surface area contributed by atoms with Crippen molar-refractivity contribution in [1.29, 1.82) is 0 Å². The molecule has 92 valence electrons. The van der Waals surface area contributed by atoms with Crippen LogP contribution in [0, 0.1) is 0 Å². The number of rotatable bonds is 1. The Morgan fingerprint density at radius 1 is 0.778 bits per heavy atom. The highest BCUT2D eigenvalue weighted by Gasteiger charge is 2.05. The Bertz CT molecular complexity index is 605. The second-order valence-corrected chi connectivity index (χ2v) is 3.77. The molecule has 0 spiro atoms. The third-order valence-corrected chi connectivity index (χ3v) is 2.84. The number of nitrogens with zero attached hydrogens (tertiary/aromatic N) is 1. The van der Waals surface area contributed by atoms with Gasteiger partial charge in [0.15, 0.2) is 0 Å². The van der Waals surface area contributed by atoms with E-state index in [1.165, 1.54) is 10.8 Å². The summed E-state index contributed by atoms with van der Waals surface area (Å²) in [6.07, 6.45) is 0. The Hall–Kier alpha value is -2.09. The van der Waals surface area contributed by atoms with Crippen molar-refractivity contribution in [2.45, 2.75) is 13.8 Å². The number of fused-ring (bicyclic) bond motifs is 2. The molecule has 0 aliphatic carbocycles. The molecule has 0 saturated carbocycles. The lowest BCUT2D eigenvalue weighted by Crippen LogP contribution is -1.93. The van der Waals surface area contributed by atoms with Gasteiger partial charge in [-0.2, -0.15) is 0 Å². The summed E-state index contributed by atoms with van der Waals surface area (Å²) in [6, 6.07) is 16.4. The predicted octanol–water partition coefficient (Wildman–Crippen LogP) is 4.46. The van der Waals surface area contributed by atoms with Crippen LogP contribution >= 0.6 is 0 Å². The van der Waals surface area contributed by atoms with E-state index >= 15 is 0 Å². The zero-order valence-corrected chi connectivity index (χ0v) is 11.1. The third kappa shape index (κ3) is 2.02. The Balaban J connectivity index is 0.000000574. The minimum atomic E-state index is 1.03. The number of aromatic nitrogens is 1. The van der Waals surface area contributed by atoms with Crippen LogP contribution in [-0.4, -0.2) is 12.0 Å². The van der Waals surface area contributed by atoms with Gasteiger partial charge in [0, 0.05) is 17.8 Å². The van der Waals surface area contributed by atoms with E-state index < -0.39 is 0 Å². The summed E-state index contributed by atoms with van der Waals surface area (Å²) in [5, 5.41) is 5.61. The van der Waals surface area contributed by atoms with Gasteiger partial charge in [-0.1, -0.05) is 50.2 Å². The van der Waals surface area contributed by atoms with Crippen LogP contribution < -0.4 is 5.32 Å². The van der Waals surface area contributed by atoms with Crippen LogP contribution in [0.25, 0.3) is 21.8 Å². The molecular formula is C16H18N2. The summed E-state index contributed by atoms with van der Waals surface area (Å²) in [4.78, 5) is 4.65. The van der Waals surface area contributed by atoms with Crippen LogP contribution in [0.2, 0.25) is 0 Å². The Kier molecular flexibility index (Phi) is 3.78. The topological polar surface area (TPSA) is 24.9 Å². The molecule has 3 aromatic rings. The van der Waals surface area contributed by atoms with Crippen molar-refractivity contribution in [1.82, 2.24) is 4.98 Å². The highest BCUT2D eigenvalue weighted by Crippen LogP contribution is 2.29. The molecule has 2 aromatic carbocycles. The van der Waals surface area contributed by atoms with Crippen molar-refractivity contribution in [3.8, 4) is 0 Å². The first-order valence-corrected chi connectivity index (χ1v) is 6.35. The third-order valence-electron chi connectivity index (χ3n) is 2.84. The molecule has 0 radical (unpaired) electrons. The molecule has 0 atom stereocenters. The fourth-order valence-corrected chi connectivity index (χ4v) is 2.11. The van der Waals surface area contributed by atoms with E-state index in [0.29, 0.717) is 0 Å². The molecule has 0 fully saturated rings. The van der Waals surface area contributed by atoms with Crippen molar-refractivity contribution in [2.75, 3.05) is 12.4 Å². The quantitative estimate of drug-likeness (QED) is 0.633. The lowest BCUT2D eigenvalue weighted by atomic mass is 10.1. The summed E-state index contributed by atoms with van der Waals surface area (Å²) in [5.74, 6) is 0. The first-order chi connectivity index (χ1) is 8.90. The fraction of sp³-hybridized carbons (Fsp3) is 0.188. The lowest BCUT2D eigenvalue weighted by Gasteiger charge is -2.09. The molecule has 3 rings (SSSR count). The Labute approximate surface area is 108 Å². The van der Waals surface area contributed by atoms with E-state index in [2.05, 4.69) is 22.4 Å². The summed E-state index contributed by atoms with van der Waals surface area (Å²) in [6.45, 7) is 4.00. The summed E-state index contributed by atoms with van der Waals surface area (Å²) in [7, 11) is 1.95. The van der Waals surface area contributed by atoms with Gasteiger partial charge in [-0.25, -0.2) is 4.98 Å². The van der Waals surface area contributed by atoms with E-state index in [9.17, 15) is 0 Å². The average molecular weight is 238 g/mol. The lowest BCUT2D eigenvalue weighted by molar-refractivity contribution is 1.47. The normalized spacial score (nSPS) is 9.94. The zero-order valence-electron chi connectivity index (χ0n) is 11.1. The van der Waals surface area contributed by atoms with E-state index in [4.69, 9.17) is 0 Å². The van der Waals surface area contributed by atoms with Gasteiger partial charge in [0.2, 0.25) is 0 Å². The minimum absolute atomic E-state index is 1.03. The van der Waals surface area contributed by atoms with Crippen LogP contribution in [0.4, 0.5) is 5.69 Å². The zero-order chi connectivity index (χ0) is 13.0. The maximum absolute atomic E-state index is 4.65. The van der Waals surface area contributed by atoms with Crippen LogP contribution in [0.5, 0.6) is 0 Å². The number of hydrogen-bond acceptors (Lipinski definition) is 2. The maximum atomic E-state index is 4.65. The summed E-state index contributed by atoms with van der Waals surface area (Å²) >= 11 is 0. The molecule has 1 heterocycles. The maximum Gasteiger partial charge on any atom is 0.0730 e. The highest BCUT2D eigenvalue weighted by molar-refractivity contribution is 6.07. The van der Waals surface area contributed by atoms with Gasteiger partial charge in [0.25, 0.3) is 0 Å². The van der Waals surface area contributed by atoms with Crippen LogP contribution in [0.15, 0.2) is 48.5 Å². The monoisotopic (exact) mass is 238 g/mol. The summed E-state index contributed by atoms with van der Waals surface area (Å²) in [5.41, 5.74) is 3.22. The molecule has 0 aliphatic rings. The molecular weight excluding hydrogens is 220 g/mol. The van der Waals surface area contributed by atoms with Gasteiger partial charge in [-0.05, 0) is 12.1 Å². The van der Waals surface area contributed by atoms with Crippen LogP contribution in [0.1, 0.15) is 13.8 Å². The van der Waals surface area contributed by atoms with Crippen molar-refractivity contribution in [2.24, 2.45) is 0 Å². The molecule has 0 aliphatic heterocycles. The van der Waals surface area contributed by atoms with Crippen molar-refractivity contribution >= 4 is 27.5 Å². The first kappa shape index (κ1) is 12.4. The van der Waals surface area contributed by atoms with Gasteiger partial charge in [0.05, 0.1) is 16.7 Å². The van der Waals surface area contributed by atoms with Crippen LogP contribution in [0.3, 0.4) is 0 Å². The first-order valence-electron chi connectivity index (χ1n) is 6.35. The molecule has 2 nitrogen and oxygen atoms in total. The fourth-order valence-electron chi connectivity index (χ4n) is 2.11. The number of pyridine rings is 1. The average Bonchev–Trinajstić information content (AvgIpc) is 2.46.